The van der Waals surface area contributed by atoms with Crippen LogP contribution in [0.3, 0.4) is 0 Å². The van der Waals surface area contributed by atoms with Crippen LogP contribution in [0.15, 0.2) is 12.1 Å². The highest BCUT2D eigenvalue weighted by molar-refractivity contribution is 6.29. The number of hydrogen-bond donors (Lipinski definition) is 1. The molecule has 0 spiro atoms. The Morgan fingerprint density at radius 1 is 1.46 bits per heavy atom. The third-order valence-corrected chi connectivity index (χ3v) is 2.90. The van der Waals surface area contributed by atoms with Crippen molar-refractivity contribution in [3.8, 4) is 0 Å². The Kier molecular flexibility index (Phi) is 2.05. The van der Waals surface area contributed by atoms with E-state index in [0.29, 0.717) is 5.15 Å². The van der Waals surface area contributed by atoms with E-state index < -0.39 is 0 Å². The van der Waals surface area contributed by atoms with Crippen molar-refractivity contribution >= 4 is 11.6 Å². The third-order valence-electron chi connectivity index (χ3n) is 2.70. The van der Waals surface area contributed by atoms with Gasteiger partial charge in [-0.3, -0.25) is 0 Å². The van der Waals surface area contributed by atoms with Crippen LogP contribution in [0.4, 0.5) is 0 Å². The molecule has 1 aromatic rings. The van der Waals surface area contributed by atoms with Gasteiger partial charge in [-0.2, -0.15) is 0 Å². The van der Waals surface area contributed by atoms with Crippen molar-refractivity contribution in [3.63, 3.8) is 0 Å². The lowest BCUT2D eigenvalue weighted by Gasteiger charge is -2.14. The zero-order chi connectivity index (χ0) is 9.47. The van der Waals surface area contributed by atoms with Crippen LogP contribution in [0, 0.1) is 6.92 Å². The van der Waals surface area contributed by atoms with Crippen LogP contribution in [0.5, 0.6) is 0 Å². The fraction of sp³-hybridized carbons (Fsp3) is 0.500. The molecular weight excluding hydrogens is 184 g/mol. The Morgan fingerprint density at radius 3 is 2.62 bits per heavy atom. The van der Waals surface area contributed by atoms with Crippen molar-refractivity contribution in [1.29, 1.82) is 0 Å². The van der Waals surface area contributed by atoms with Crippen LogP contribution in [-0.2, 0) is 5.54 Å². The predicted octanol–water partition coefficient (Wildman–Crippen LogP) is 2.25. The van der Waals surface area contributed by atoms with Crippen molar-refractivity contribution in [2.24, 2.45) is 0 Å². The molecule has 0 aliphatic heterocycles. The normalized spacial score (nSPS) is 18.7. The van der Waals surface area contributed by atoms with Gasteiger partial charge in [-0.15, -0.1) is 0 Å². The monoisotopic (exact) mass is 196 g/mol. The van der Waals surface area contributed by atoms with Gasteiger partial charge in [0.05, 0.1) is 0 Å². The third kappa shape index (κ3) is 1.56. The summed E-state index contributed by atoms with van der Waals surface area (Å²) in [6.07, 6.45) is 2.40. The molecule has 0 unspecified atom stereocenters. The molecular formula is C10H13ClN2. The lowest BCUT2D eigenvalue weighted by Crippen LogP contribution is -2.24. The van der Waals surface area contributed by atoms with Gasteiger partial charge >= 0.3 is 0 Å². The van der Waals surface area contributed by atoms with Crippen molar-refractivity contribution in [2.75, 3.05) is 7.05 Å². The molecule has 0 aromatic carbocycles. The van der Waals surface area contributed by atoms with E-state index in [1.165, 1.54) is 18.4 Å². The molecule has 2 nitrogen and oxygen atoms in total. The van der Waals surface area contributed by atoms with Gasteiger partial charge in [0, 0.05) is 11.2 Å². The van der Waals surface area contributed by atoms with Crippen LogP contribution < -0.4 is 5.32 Å². The summed E-state index contributed by atoms with van der Waals surface area (Å²) in [6.45, 7) is 1.97. The summed E-state index contributed by atoms with van der Waals surface area (Å²) in [5.74, 6) is 0. The molecule has 1 aromatic heterocycles. The second-order valence-electron chi connectivity index (χ2n) is 3.65. The van der Waals surface area contributed by atoms with Crippen molar-refractivity contribution in [2.45, 2.75) is 25.3 Å². The van der Waals surface area contributed by atoms with Gasteiger partial charge in [0.25, 0.3) is 0 Å². The van der Waals surface area contributed by atoms with E-state index in [9.17, 15) is 0 Å². The van der Waals surface area contributed by atoms with Crippen molar-refractivity contribution in [1.82, 2.24) is 10.3 Å². The summed E-state index contributed by atoms with van der Waals surface area (Å²) < 4.78 is 0. The summed E-state index contributed by atoms with van der Waals surface area (Å²) in [5, 5.41) is 3.93. The molecule has 0 amide bonds. The number of aromatic nitrogens is 1. The first-order valence-corrected chi connectivity index (χ1v) is 4.88. The van der Waals surface area contributed by atoms with Gasteiger partial charge < -0.3 is 5.32 Å². The second kappa shape index (κ2) is 2.96. The van der Waals surface area contributed by atoms with Crippen molar-refractivity contribution < 1.29 is 0 Å². The summed E-state index contributed by atoms with van der Waals surface area (Å²) in [5.41, 5.74) is 2.45. The van der Waals surface area contributed by atoms with Gasteiger partial charge in [0.1, 0.15) is 5.15 Å². The summed E-state index contributed by atoms with van der Waals surface area (Å²) in [4.78, 5) is 4.15. The Bertz CT molecular complexity index is 311. The fourth-order valence-electron chi connectivity index (χ4n) is 1.71. The Hall–Kier alpha value is -0.600. The molecule has 0 bridgehead atoms. The number of nitrogens with zero attached hydrogens (tertiary/aromatic N) is 1. The molecule has 2 rings (SSSR count). The maximum absolute atomic E-state index is 5.90. The lowest BCUT2D eigenvalue weighted by atomic mass is 10.1. The number of hydrogen-bond acceptors (Lipinski definition) is 2. The number of pyridine rings is 1. The SMILES string of the molecule is CNC1(c2cc(C)nc(Cl)c2)CC1. The first kappa shape index (κ1) is 8.97. The van der Waals surface area contributed by atoms with E-state index >= 15 is 0 Å². The molecule has 0 saturated heterocycles. The maximum atomic E-state index is 5.90. The fourth-order valence-corrected chi connectivity index (χ4v) is 1.96. The summed E-state index contributed by atoms with van der Waals surface area (Å²) in [7, 11) is 2.00. The van der Waals surface area contributed by atoms with Crippen LogP contribution >= 0.6 is 11.6 Å². The molecule has 3 heteroatoms. The predicted molar refractivity (Wildman–Crippen MR) is 54.0 cm³/mol. The molecule has 70 valence electrons. The first-order valence-electron chi connectivity index (χ1n) is 4.50. The Labute approximate surface area is 83.3 Å². The van der Waals surface area contributed by atoms with E-state index in [-0.39, 0.29) is 5.54 Å². The maximum Gasteiger partial charge on any atom is 0.129 e. The summed E-state index contributed by atoms with van der Waals surface area (Å²) in [6, 6.07) is 4.06. The van der Waals surface area contributed by atoms with Gasteiger partial charge in [0.2, 0.25) is 0 Å². The zero-order valence-corrected chi connectivity index (χ0v) is 8.65. The smallest absolute Gasteiger partial charge is 0.129 e. The van der Waals surface area contributed by atoms with Gasteiger partial charge in [-0.1, -0.05) is 11.6 Å². The minimum absolute atomic E-state index is 0.192. The zero-order valence-electron chi connectivity index (χ0n) is 7.89. The van der Waals surface area contributed by atoms with E-state index in [2.05, 4.69) is 16.4 Å². The van der Waals surface area contributed by atoms with E-state index in [0.717, 1.165) is 5.69 Å². The minimum atomic E-state index is 0.192. The molecule has 1 fully saturated rings. The molecule has 0 atom stereocenters. The average molecular weight is 197 g/mol. The first-order chi connectivity index (χ1) is 6.16. The largest absolute Gasteiger partial charge is 0.310 e. The van der Waals surface area contributed by atoms with E-state index in [1.807, 2.05) is 20.0 Å². The number of aryl methyl sites for hydroxylation is 1. The van der Waals surface area contributed by atoms with Gasteiger partial charge in [-0.25, -0.2) is 4.98 Å². The highest BCUT2D eigenvalue weighted by Crippen LogP contribution is 2.45. The lowest BCUT2D eigenvalue weighted by molar-refractivity contribution is 0.584. The number of halogens is 1. The van der Waals surface area contributed by atoms with Gasteiger partial charge in [0.15, 0.2) is 0 Å². The van der Waals surface area contributed by atoms with Crippen LogP contribution in [0.1, 0.15) is 24.1 Å². The Morgan fingerprint density at radius 2 is 2.15 bits per heavy atom. The number of nitrogens with one attached hydrogen (secondary N) is 1. The highest BCUT2D eigenvalue weighted by atomic mass is 35.5. The molecule has 1 N–H and O–H groups in total. The molecule has 0 radical (unpaired) electrons. The minimum Gasteiger partial charge on any atom is -0.310 e. The van der Waals surface area contributed by atoms with Gasteiger partial charge in [-0.05, 0) is 44.5 Å². The average Bonchev–Trinajstić information content (AvgIpc) is 2.82. The molecule has 1 aliphatic rings. The molecule has 13 heavy (non-hydrogen) atoms. The molecule has 1 saturated carbocycles. The standard InChI is InChI=1S/C10H13ClN2/c1-7-5-8(6-9(11)13-7)10(12-2)3-4-10/h5-6,12H,3-4H2,1-2H3. The van der Waals surface area contributed by atoms with Crippen LogP contribution in [0.2, 0.25) is 5.15 Å². The molecule has 1 heterocycles. The topological polar surface area (TPSA) is 24.9 Å². The van der Waals surface area contributed by atoms with Crippen molar-refractivity contribution in [3.05, 3.63) is 28.5 Å². The highest BCUT2D eigenvalue weighted by Gasteiger charge is 2.42. The van der Waals surface area contributed by atoms with E-state index in [4.69, 9.17) is 11.6 Å². The molecule has 1 aliphatic carbocycles. The summed E-state index contributed by atoms with van der Waals surface area (Å²) >= 11 is 5.90. The second-order valence-corrected chi connectivity index (χ2v) is 4.04. The van der Waals surface area contributed by atoms with Crippen LogP contribution in [0.25, 0.3) is 0 Å². The quantitative estimate of drug-likeness (QED) is 0.734. The van der Waals surface area contributed by atoms with Crippen LogP contribution in [-0.4, -0.2) is 12.0 Å². The number of rotatable bonds is 2. The van der Waals surface area contributed by atoms with E-state index in [1.54, 1.807) is 0 Å². The Balaban J connectivity index is 2.40.